The highest BCUT2D eigenvalue weighted by Crippen LogP contribution is 2.71. The molecular weight excluding hydrogens is 446 g/mol. The average molecular weight is 470 g/mol. The van der Waals surface area contributed by atoms with E-state index in [1.807, 2.05) is 20.8 Å². The Morgan fingerprint density at radius 1 is 1.09 bits per heavy atom. The Hall–Kier alpha value is -3.26. The van der Waals surface area contributed by atoms with Gasteiger partial charge in [0, 0.05) is 22.9 Å². The SMILES string of the molecule is CC12CCC(C(=O)Nc3ccccc3[N+](=O)[O-])(CC1=NOC(=O)c1ccc(Cl)cc1)C2(C)C. The number of oxime groups is 1. The molecule has 2 aliphatic rings. The minimum absolute atomic E-state index is 0.158. The number of carbonyl (C=O) groups excluding carboxylic acids is 2. The number of fused-ring (bicyclic) bond motifs is 2. The third-order valence-electron chi connectivity index (χ3n) is 7.84. The van der Waals surface area contributed by atoms with E-state index >= 15 is 0 Å². The van der Waals surface area contributed by atoms with Gasteiger partial charge in [0.05, 0.1) is 21.6 Å². The molecule has 172 valence electrons. The molecule has 0 saturated heterocycles. The van der Waals surface area contributed by atoms with Gasteiger partial charge in [-0.15, -0.1) is 0 Å². The van der Waals surface area contributed by atoms with E-state index in [1.165, 1.54) is 12.1 Å². The molecule has 9 heteroatoms. The second-order valence-electron chi connectivity index (χ2n) is 9.37. The highest BCUT2D eigenvalue weighted by Gasteiger charge is 2.71. The zero-order valence-corrected chi connectivity index (χ0v) is 19.3. The van der Waals surface area contributed by atoms with Crippen LogP contribution in [0.15, 0.2) is 53.7 Å². The summed E-state index contributed by atoms with van der Waals surface area (Å²) >= 11 is 5.86. The number of anilines is 1. The number of nitro benzene ring substituents is 1. The topological polar surface area (TPSA) is 111 Å². The summed E-state index contributed by atoms with van der Waals surface area (Å²) in [6, 6.07) is 12.4. The molecule has 0 aromatic heterocycles. The maximum atomic E-state index is 13.6. The fourth-order valence-corrected chi connectivity index (χ4v) is 5.36. The molecule has 1 N–H and O–H groups in total. The summed E-state index contributed by atoms with van der Waals surface area (Å²) in [5, 5.41) is 18.9. The van der Waals surface area contributed by atoms with Crippen molar-refractivity contribution in [3.05, 3.63) is 69.2 Å². The van der Waals surface area contributed by atoms with E-state index in [1.54, 1.807) is 36.4 Å². The number of para-hydroxylation sites is 2. The van der Waals surface area contributed by atoms with Crippen LogP contribution in [0.25, 0.3) is 0 Å². The minimum Gasteiger partial charge on any atom is -0.320 e. The molecule has 2 atom stereocenters. The molecule has 2 saturated carbocycles. The summed E-state index contributed by atoms with van der Waals surface area (Å²) < 4.78 is 0. The first-order chi connectivity index (χ1) is 15.5. The molecule has 2 fully saturated rings. The number of rotatable bonds is 5. The molecule has 1 amide bonds. The van der Waals surface area contributed by atoms with Crippen molar-refractivity contribution in [2.24, 2.45) is 21.4 Å². The number of amides is 1. The molecule has 0 spiro atoms. The summed E-state index contributed by atoms with van der Waals surface area (Å²) in [5.41, 5.74) is -0.863. The highest BCUT2D eigenvalue weighted by atomic mass is 35.5. The third kappa shape index (κ3) is 3.49. The first-order valence-corrected chi connectivity index (χ1v) is 11.0. The van der Waals surface area contributed by atoms with Gasteiger partial charge in [0.25, 0.3) is 5.69 Å². The van der Waals surface area contributed by atoms with Gasteiger partial charge < -0.3 is 10.2 Å². The van der Waals surface area contributed by atoms with Gasteiger partial charge >= 0.3 is 5.97 Å². The van der Waals surface area contributed by atoms with Crippen LogP contribution in [0.5, 0.6) is 0 Å². The van der Waals surface area contributed by atoms with E-state index in [0.717, 1.165) is 0 Å². The molecule has 0 heterocycles. The molecule has 4 rings (SSSR count). The lowest BCUT2D eigenvalue weighted by atomic mass is 9.64. The average Bonchev–Trinajstić information content (AvgIpc) is 3.09. The van der Waals surface area contributed by atoms with Crippen molar-refractivity contribution in [1.82, 2.24) is 0 Å². The van der Waals surface area contributed by atoms with E-state index in [9.17, 15) is 19.7 Å². The number of hydrogen-bond donors (Lipinski definition) is 1. The van der Waals surface area contributed by atoms with E-state index in [2.05, 4.69) is 10.5 Å². The van der Waals surface area contributed by atoms with Crippen LogP contribution in [-0.2, 0) is 9.63 Å². The zero-order valence-electron chi connectivity index (χ0n) is 18.6. The quantitative estimate of drug-likeness (QED) is 0.347. The number of carbonyl (C=O) groups is 2. The van der Waals surface area contributed by atoms with Crippen molar-refractivity contribution >= 4 is 40.6 Å². The first-order valence-electron chi connectivity index (χ1n) is 10.6. The lowest BCUT2D eigenvalue weighted by Crippen LogP contribution is -2.43. The van der Waals surface area contributed by atoms with Crippen LogP contribution in [-0.4, -0.2) is 22.5 Å². The van der Waals surface area contributed by atoms with E-state index in [-0.39, 0.29) is 17.3 Å². The van der Waals surface area contributed by atoms with Gasteiger partial charge in [-0.05, 0) is 48.6 Å². The van der Waals surface area contributed by atoms with Crippen LogP contribution in [0.4, 0.5) is 11.4 Å². The third-order valence-corrected chi connectivity index (χ3v) is 8.09. The van der Waals surface area contributed by atoms with Gasteiger partial charge in [0.15, 0.2) is 0 Å². The van der Waals surface area contributed by atoms with Crippen molar-refractivity contribution in [3.63, 3.8) is 0 Å². The molecule has 2 aromatic rings. The molecule has 2 bridgehead atoms. The summed E-state index contributed by atoms with van der Waals surface area (Å²) in [5.74, 6) is -0.901. The smallest absolute Gasteiger partial charge is 0.320 e. The molecule has 2 aliphatic carbocycles. The largest absolute Gasteiger partial charge is 0.365 e. The van der Waals surface area contributed by atoms with Gasteiger partial charge in [0.1, 0.15) is 5.69 Å². The normalized spacial score (nSPS) is 26.2. The molecule has 0 radical (unpaired) electrons. The number of nitro groups is 1. The fourth-order valence-electron chi connectivity index (χ4n) is 5.24. The van der Waals surface area contributed by atoms with Crippen molar-refractivity contribution in [2.75, 3.05) is 5.32 Å². The van der Waals surface area contributed by atoms with Gasteiger partial charge in [-0.1, -0.05) is 49.7 Å². The van der Waals surface area contributed by atoms with Crippen molar-refractivity contribution in [1.29, 1.82) is 0 Å². The second-order valence-corrected chi connectivity index (χ2v) is 9.80. The van der Waals surface area contributed by atoms with Crippen LogP contribution in [0.3, 0.4) is 0 Å². The van der Waals surface area contributed by atoms with E-state index in [0.29, 0.717) is 35.6 Å². The van der Waals surface area contributed by atoms with E-state index in [4.69, 9.17) is 16.4 Å². The number of nitrogens with one attached hydrogen (secondary N) is 1. The van der Waals surface area contributed by atoms with Crippen LogP contribution in [0.1, 0.15) is 50.4 Å². The number of nitrogens with zero attached hydrogens (tertiary/aromatic N) is 2. The maximum Gasteiger partial charge on any atom is 0.365 e. The summed E-state index contributed by atoms with van der Waals surface area (Å²) in [4.78, 5) is 42.1. The Morgan fingerprint density at radius 2 is 1.76 bits per heavy atom. The molecule has 2 unspecified atom stereocenters. The van der Waals surface area contributed by atoms with Crippen molar-refractivity contribution < 1.29 is 19.3 Å². The first kappa shape index (κ1) is 22.9. The van der Waals surface area contributed by atoms with Crippen LogP contribution < -0.4 is 5.32 Å². The maximum absolute atomic E-state index is 13.6. The summed E-state index contributed by atoms with van der Waals surface area (Å²) in [6.45, 7) is 6.03. The Balaban J connectivity index is 1.60. The highest BCUT2D eigenvalue weighted by molar-refractivity contribution is 6.30. The van der Waals surface area contributed by atoms with Gasteiger partial charge in [-0.3, -0.25) is 14.9 Å². The van der Waals surface area contributed by atoms with Crippen LogP contribution >= 0.6 is 11.6 Å². The van der Waals surface area contributed by atoms with Crippen LogP contribution in [0.2, 0.25) is 5.02 Å². The van der Waals surface area contributed by atoms with Crippen LogP contribution in [0, 0.1) is 26.4 Å². The Morgan fingerprint density at radius 3 is 2.42 bits per heavy atom. The Labute approximate surface area is 196 Å². The number of benzene rings is 2. The monoisotopic (exact) mass is 469 g/mol. The number of halogens is 1. The summed E-state index contributed by atoms with van der Waals surface area (Å²) in [7, 11) is 0. The molecule has 2 aromatic carbocycles. The zero-order chi connectivity index (χ0) is 24.0. The van der Waals surface area contributed by atoms with E-state index < -0.39 is 27.1 Å². The van der Waals surface area contributed by atoms with Crippen molar-refractivity contribution in [3.8, 4) is 0 Å². The minimum atomic E-state index is -0.836. The summed E-state index contributed by atoms with van der Waals surface area (Å²) in [6.07, 6.45) is 1.59. The lowest BCUT2D eigenvalue weighted by molar-refractivity contribution is -0.383. The lowest BCUT2D eigenvalue weighted by Gasteiger charge is -2.39. The predicted molar refractivity (Wildman–Crippen MR) is 124 cm³/mol. The number of hydrogen-bond acceptors (Lipinski definition) is 6. The predicted octanol–water partition coefficient (Wildman–Crippen LogP) is 5.62. The molecule has 0 aliphatic heterocycles. The van der Waals surface area contributed by atoms with Gasteiger partial charge in [0.2, 0.25) is 5.91 Å². The Bertz CT molecular complexity index is 1180. The van der Waals surface area contributed by atoms with Gasteiger partial charge in [-0.2, -0.15) is 0 Å². The molecule has 33 heavy (non-hydrogen) atoms. The van der Waals surface area contributed by atoms with Gasteiger partial charge in [-0.25, -0.2) is 4.79 Å². The standard InChI is InChI=1S/C24H24ClN3O5/c1-22(2)23(3)12-13-24(22,21(30)26-17-6-4-5-7-18(17)28(31)32)14-19(23)27-33-20(29)15-8-10-16(25)11-9-15/h4-11H,12-14H2,1-3H3,(H,26,30). The Kier molecular flexibility index (Phi) is 5.52. The molecule has 8 nitrogen and oxygen atoms in total. The second kappa shape index (κ2) is 7.95. The fraction of sp³-hybridized carbons (Fsp3) is 0.375. The van der Waals surface area contributed by atoms with Crippen molar-refractivity contribution in [2.45, 2.75) is 40.0 Å². The molecular formula is C24H24ClN3O5.